The van der Waals surface area contributed by atoms with E-state index in [1.807, 2.05) is 11.0 Å². The monoisotopic (exact) mass is 508 g/mol. The van der Waals surface area contributed by atoms with Crippen LogP contribution in [0.5, 0.6) is 0 Å². The van der Waals surface area contributed by atoms with Gasteiger partial charge in [-0.2, -0.15) is 0 Å². The second-order valence-corrected chi connectivity index (χ2v) is 7.49. The summed E-state index contributed by atoms with van der Waals surface area (Å²) in [4.78, 5) is 21.9. The quantitative estimate of drug-likeness (QED) is 0.391. The number of thiophene rings is 1. The van der Waals surface area contributed by atoms with Crippen LogP contribution in [0.4, 0.5) is 0 Å². The summed E-state index contributed by atoms with van der Waals surface area (Å²) >= 11 is 7.56. The number of hydrogen-bond acceptors (Lipinski definition) is 4. The standard InChI is InChI=1S/C17H21ClN4O2S.HI/c1-19-17(20-7-6-13-4-5-15(18)25-13)22-10-8-21(9-11-22)16(23)14-3-2-12-24-14;/h2-5,12H,6-11H2,1H3,(H,19,20);1H. The van der Waals surface area contributed by atoms with E-state index in [0.29, 0.717) is 18.8 Å². The van der Waals surface area contributed by atoms with E-state index in [2.05, 4.69) is 21.3 Å². The predicted molar refractivity (Wildman–Crippen MR) is 116 cm³/mol. The number of amides is 1. The molecule has 3 heterocycles. The van der Waals surface area contributed by atoms with Gasteiger partial charge in [0.15, 0.2) is 11.7 Å². The molecule has 0 saturated carbocycles. The fraction of sp³-hybridized carbons (Fsp3) is 0.412. The lowest BCUT2D eigenvalue weighted by Crippen LogP contribution is -2.53. The van der Waals surface area contributed by atoms with Crippen LogP contribution in [0, 0.1) is 0 Å². The fourth-order valence-electron chi connectivity index (χ4n) is 2.79. The van der Waals surface area contributed by atoms with E-state index in [1.54, 1.807) is 30.5 Å². The molecule has 6 nitrogen and oxygen atoms in total. The third-order valence-electron chi connectivity index (χ3n) is 4.09. The van der Waals surface area contributed by atoms with Gasteiger partial charge in [0.2, 0.25) is 0 Å². The Labute approximate surface area is 179 Å². The molecular formula is C17H22ClIN4O2S. The van der Waals surface area contributed by atoms with E-state index < -0.39 is 0 Å². The lowest BCUT2D eigenvalue weighted by Gasteiger charge is -2.36. The third-order valence-corrected chi connectivity index (χ3v) is 5.38. The van der Waals surface area contributed by atoms with Gasteiger partial charge in [0, 0.05) is 44.6 Å². The topological polar surface area (TPSA) is 61.1 Å². The molecule has 0 unspecified atom stereocenters. The van der Waals surface area contributed by atoms with Gasteiger partial charge in [-0.05, 0) is 30.7 Å². The van der Waals surface area contributed by atoms with Crippen LogP contribution < -0.4 is 5.32 Å². The molecule has 1 saturated heterocycles. The summed E-state index contributed by atoms with van der Waals surface area (Å²) in [5, 5.41) is 3.39. The highest BCUT2D eigenvalue weighted by molar-refractivity contribution is 14.0. The molecule has 0 aromatic carbocycles. The number of hydrogen-bond donors (Lipinski definition) is 1. The molecule has 0 aliphatic carbocycles. The average Bonchev–Trinajstić information content (AvgIpc) is 3.30. The second-order valence-electron chi connectivity index (χ2n) is 5.69. The highest BCUT2D eigenvalue weighted by Gasteiger charge is 2.25. The van der Waals surface area contributed by atoms with Gasteiger partial charge in [0.25, 0.3) is 5.91 Å². The van der Waals surface area contributed by atoms with Gasteiger partial charge in [-0.1, -0.05) is 11.6 Å². The van der Waals surface area contributed by atoms with E-state index in [4.69, 9.17) is 16.0 Å². The van der Waals surface area contributed by atoms with Crippen molar-refractivity contribution in [3.05, 3.63) is 45.5 Å². The number of carbonyl (C=O) groups excluding carboxylic acids is 1. The summed E-state index contributed by atoms with van der Waals surface area (Å²) in [6, 6.07) is 7.41. The third kappa shape index (κ3) is 5.37. The Hall–Kier alpha value is -1.26. The molecule has 3 rings (SSSR count). The fourth-order valence-corrected chi connectivity index (χ4v) is 3.88. The largest absolute Gasteiger partial charge is 0.459 e. The molecule has 26 heavy (non-hydrogen) atoms. The summed E-state index contributed by atoms with van der Waals surface area (Å²) in [7, 11) is 1.78. The maximum absolute atomic E-state index is 12.3. The van der Waals surface area contributed by atoms with Crippen LogP contribution >= 0.6 is 46.9 Å². The van der Waals surface area contributed by atoms with E-state index in [9.17, 15) is 4.79 Å². The van der Waals surface area contributed by atoms with E-state index in [0.717, 1.165) is 36.4 Å². The first-order valence-electron chi connectivity index (χ1n) is 8.20. The molecule has 1 fully saturated rings. The number of piperazine rings is 1. The first-order chi connectivity index (χ1) is 12.2. The molecule has 1 aliphatic heterocycles. The van der Waals surface area contributed by atoms with Crippen molar-refractivity contribution < 1.29 is 9.21 Å². The number of nitrogens with one attached hydrogen (secondary N) is 1. The molecular weight excluding hydrogens is 487 g/mol. The zero-order chi connectivity index (χ0) is 17.6. The molecule has 1 aliphatic rings. The summed E-state index contributed by atoms with van der Waals surface area (Å²) < 4.78 is 6.01. The van der Waals surface area contributed by atoms with Gasteiger partial charge in [-0.25, -0.2) is 0 Å². The van der Waals surface area contributed by atoms with E-state index in [1.165, 1.54) is 11.1 Å². The van der Waals surface area contributed by atoms with Gasteiger partial charge >= 0.3 is 0 Å². The molecule has 0 spiro atoms. The van der Waals surface area contributed by atoms with Gasteiger partial charge in [-0.3, -0.25) is 9.79 Å². The molecule has 1 N–H and O–H groups in total. The Morgan fingerprint density at radius 3 is 2.58 bits per heavy atom. The highest BCUT2D eigenvalue weighted by Crippen LogP contribution is 2.21. The lowest BCUT2D eigenvalue weighted by molar-refractivity contribution is 0.0658. The summed E-state index contributed by atoms with van der Waals surface area (Å²) in [5.41, 5.74) is 0. The molecule has 0 atom stereocenters. The smallest absolute Gasteiger partial charge is 0.289 e. The van der Waals surface area contributed by atoms with Crippen molar-refractivity contribution in [2.24, 2.45) is 4.99 Å². The molecule has 9 heteroatoms. The number of nitrogens with zero attached hydrogens (tertiary/aromatic N) is 3. The van der Waals surface area contributed by atoms with Crippen LogP contribution in [0.1, 0.15) is 15.4 Å². The Morgan fingerprint density at radius 2 is 2.00 bits per heavy atom. The van der Waals surface area contributed by atoms with Gasteiger partial charge in [0.1, 0.15) is 0 Å². The van der Waals surface area contributed by atoms with Crippen molar-refractivity contribution in [3.63, 3.8) is 0 Å². The molecule has 0 radical (unpaired) electrons. The van der Waals surface area contributed by atoms with Crippen LogP contribution in [0.25, 0.3) is 0 Å². The molecule has 142 valence electrons. The Balaban J connectivity index is 0.00000243. The summed E-state index contributed by atoms with van der Waals surface area (Å²) in [6.07, 6.45) is 2.43. The van der Waals surface area contributed by atoms with Crippen LogP contribution in [-0.2, 0) is 6.42 Å². The SMILES string of the molecule is CN=C(NCCc1ccc(Cl)s1)N1CCN(C(=O)c2ccco2)CC1.I. The first-order valence-corrected chi connectivity index (χ1v) is 9.39. The molecule has 2 aromatic rings. The minimum atomic E-state index is -0.0535. The predicted octanol–water partition coefficient (Wildman–Crippen LogP) is 3.19. The number of carbonyl (C=O) groups is 1. The van der Waals surface area contributed by atoms with Crippen LogP contribution in [-0.4, -0.2) is 61.4 Å². The minimum absolute atomic E-state index is 0. The number of aliphatic imine (C=N–C) groups is 1. The number of furan rings is 1. The minimum Gasteiger partial charge on any atom is -0.459 e. The first kappa shape index (κ1) is 21.0. The second kappa shape index (κ2) is 10.2. The van der Waals surface area contributed by atoms with Gasteiger partial charge in [-0.15, -0.1) is 35.3 Å². The van der Waals surface area contributed by atoms with Crippen molar-refractivity contribution in [1.82, 2.24) is 15.1 Å². The maximum atomic E-state index is 12.3. The van der Waals surface area contributed by atoms with Crippen LogP contribution in [0.15, 0.2) is 39.9 Å². The Morgan fingerprint density at radius 1 is 1.27 bits per heavy atom. The highest BCUT2D eigenvalue weighted by atomic mass is 127. The zero-order valence-electron chi connectivity index (χ0n) is 14.5. The van der Waals surface area contributed by atoms with Crippen molar-refractivity contribution in [2.75, 3.05) is 39.8 Å². The van der Waals surface area contributed by atoms with Gasteiger partial charge in [0.05, 0.1) is 10.6 Å². The number of rotatable bonds is 4. The Kier molecular flexibility index (Phi) is 8.23. The van der Waals surface area contributed by atoms with Crippen LogP contribution in [0.3, 0.4) is 0 Å². The maximum Gasteiger partial charge on any atom is 0.289 e. The van der Waals surface area contributed by atoms with Crippen LogP contribution in [0.2, 0.25) is 4.34 Å². The zero-order valence-corrected chi connectivity index (χ0v) is 18.4. The normalized spacial score (nSPS) is 14.9. The van der Waals surface area contributed by atoms with Gasteiger partial charge < -0.3 is 19.5 Å². The van der Waals surface area contributed by atoms with Crippen molar-refractivity contribution in [3.8, 4) is 0 Å². The molecule has 2 aromatic heterocycles. The van der Waals surface area contributed by atoms with E-state index >= 15 is 0 Å². The number of guanidine groups is 1. The van der Waals surface area contributed by atoms with Crippen molar-refractivity contribution in [1.29, 1.82) is 0 Å². The molecule has 0 bridgehead atoms. The lowest BCUT2D eigenvalue weighted by atomic mass is 10.3. The van der Waals surface area contributed by atoms with Crippen molar-refractivity contribution in [2.45, 2.75) is 6.42 Å². The average molecular weight is 509 g/mol. The summed E-state index contributed by atoms with van der Waals surface area (Å²) in [5.74, 6) is 1.21. The summed E-state index contributed by atoms with van der Waals surface area (Å²) in [6.45, 7) is 3.60. The van der Waals surface area contributed by atoms with Crippen molar-refractivity contribution >= 4 is 58.8 Å². The van der Waals surface area contributed by atoms with E-state index in [-0.39, 0.29) is 29.9 Å². The molecule has 1 amide bonds. The Bertz CT molecular complexity index is 727. The number of halogens is 2.